The van der Waals surface area contributed by atoms with Gasteiger partial charge in [0.25, 0.3) is 0 Å². The summed E-state index contributed by atoms with van der Waals surface area (Å²) in [5.74, 6) is 0. The molecule has 6 rings (SSSR count). The number of piperidine rings is 2. The van der Waals surface area contributed by atoms with Gasteiger partial charge in [0.15, 0.2) is 5.11 Å². The van der Waals surface area contributed by atoms with Gasteiger partial charge in [-0.05, 0) is 81.1 Å². The lowest BCUT2D eigenvalue weighted by Crippen LogP contribution is -2.46. The van der Waals surface area contributed by atoms with Gasteiger partial charge in [-0.1, -0.05) is 79.2 Å². The van der Waals surface area contributed by atoms with Gasteiger partial charge in [-0.15, -0.1) is 0 Å². The third-order valence-electron chi connectivity index (χ3n) is 9.29. The van der Waals surface area contributed by atoms with Crippen LogP contribution >= 0.6 is 12.2 Å². The molecule has 1 N–H and O–H groups in total. The number of nitrogens with one attached hydrogen (secondary N) is 1. The lowest BCUT2D eigenvalue weighted by atomic mass is 9.99. The van der Waals surface area contributed by atoms with Crippen LogP contribution in [0.1, 0.15) is 68.7 Å². The van der Waals surface area contributed by atoms with Crippen LogP contribution in [0.3, 0.4) is 0 Å². The SMILES string of the molecule is CC1CCCCN1CCCn1c(=O)n(C2CCN(C(=S)NC(c3ccccc3)c3ccccc3)CC2)c2ccccc21. The first kappa shape index (κ1) is 28.7. The molecule has 0 spiro atoms. The summed E-state index contributed by atoms with van der Waals surface area (Å²) in [6.07, 6.45) is 6.70. The quantitative estimate of drug-likeness (QED) is 0.245. The highest BCUT2D eigenvalue weighted by Gasteiger charge is 2.27. The number of aromatic nitrogens is 2. The van der Waals surface area contributed by atoms with Crippen LogP contribution in [-0.2, 0) is 6.54 Å². The molecule has 0 radical (unpaired) electrons. The highest BCUT2D eigenvalue weighted by Crippen LogP contribution is 2.28. The highest BCUT2D eigenvalue weighted by molar-refractivity contribution is 7.80. The van der Waals surface area contributed by atoms with E-state index in [1.807, 2.05) is 16.7 Å². The van der Waals surface area contributed by atoms with Gasteiger partial charge >= 0.3 is 5.69 Å². The van der Waals surface area contributed by atoms with Gasteiger partial charge in [0, 0.05) is 38.3 Å². The lowest BCUT2D eigenvalue weighted by Gasteiger charge is -2.36. The average molecular weight is 582 g/mol. The van der Waals surface area contributed by atoms with Crippen molar-refractivity contribution in [1.82, 2.24) is 24.3 Å². The zero-order valence-corrected chi connectivity index (χ0v) is 25.5. The van der Waals surface area contributed by atoms with E-state index < -0.39 is 0 Å². The van der Waals surface area contributed by atoms with Gasteiger partial charge in [-0.25, -0.2) is 4.79 Å². The molecular weight excluding hydrogens is 538 g/mol. The summed E-state index contributed by atoms with van der Waals surface area (Å²) in [6, 6.07) is 30.1. The van der Waals surface area contributed by atoms with Crippen molar-refractivity contribution >= 4 is 28.4 Å². The predicted molar refractivity (Wildman–Crippen MR) is 176 cm³/mol. The molecule has 4 aromatic rings. The number of fused-ring (bicyclic) bond motifs is 1. The van der Waals surface area contributed by atoms with Crippen LogP contribution in [0.4, 0.5) is 0 Å². The average Bonchev–Trinajstić information content (AvgIpc) is 3.32. The lowest BCUT2D eigenvalue weighted by molar-refractivity contribution is 0.157. The number of hydrogen-bond donors (Lipinski definition) is 1. The van der Waals surface area contributed by atoms with Crippen molar-refractivity contribution < 1.29 is 0 Å². The molecule has 1 unspecified atom stereocenters. The Morgan fingerprint density at radius 1 is 0.810 bits per heavy atom. The van der Waals surface area contributed by atoms with Crippen LogP contribution in [0.5, 0.6) is 0 Å². The fourth-order valence-corrected chi connectivity index (χ4v) is 7.22. The number of hydrogen-bond acceptors (Lipinski definition) is 3. The molecule has 3 heterocycles. The Labute approximate surface area is 254 Å². The number of nitrogens with zero attached hydrogens (tertiary/aromatic N) is 4. The van der Waals surface area contributed by atoms with Gasteiger partial charge in [0.1, 0.15) is 0 Å². The van der Waals surface area contributed by atoms with E-state index in [-0.39, 0.29) is 17.8 Å². The van der Waals surface area contributed by atoms with E-state index in [0.29, 0.717) is 6.04 Å². The minimum atomic E-state index is -0.00820. The van der Waals surface area contributed by atoms with E-state index in [4.69, 9.17) is 12.2 Å². The molecule has 0 bridgehead atoms. The van der Waals surface area contributed by atoms with Crippen LogP contribution in [-0.4, -0.2) is 56.3 Å². The highest BCUT2D eigenvalue weighted by atomic mass is 32.1. The normalized spacial score (nSPS) is 18.5. The third-order valence-corrected chi connectivity index (χ3v) is 9.66. The number of aryl methyl sites for hydroxylation is 1. The number of benzene rings is 3. The molecule has 2 fully saturated rings. The summed E-state index contributed by atoms with van der Waals surface area (Å²) in [5.41, 5.74) is 4.63. The summed E-state index contributed by atoms with van der Waals surface area (Å²) >= 11 is 5.96. The molecule has 220 valence electrons. The molecule has 1 aromatic heterocycles. The maximum absolute atomic E-state index is 13.9. The van der Waals surface area contributed by atoms with E-state index in [2.05, 4.69) is 99.4 Å². The maximum Gasteiger partial charge on any atom is 0.329 e. The Morgan fingerprint density at radius 3 is 2.07 bits per heavy atom. The molecule has 0 aliphatic carbocycles. The molecule has 3 aromatic carbocycles. The zero-order valence-electron chi connectivity index (χ0n) is 24.7. The number of rotatable bonds is 8. The van der Waals surface area contributed by atoms with Crippen molar-refractivity contribution in [3.63, 3.8) is 0 Å². The van der Waals surface area contributed by atoms with E-state index >= 15 is 0 Å². The van der Waals surface area contributed by atoms with Gasteiger partial charge in [0.2, 0.25) is 0 Å². The summed E-state index contributed by atoms with van der Waals surface area (Å²) in [6.45, 7) is 7.00. The van der Waals surface area contributed by atoms with Crippen LogP contribution in [0, 0.1) is 0 Å². The first-order valence-corrected chi connectivity index (χ1v) is 16.1. The topological polar surface area (TPSA) is 45.4 Å². The summed E-state index contributed by atoms with van der Waals surface area (Å²) in [5, 5.41) is 4.42. The molecule has 0 saturated carbocycles. The smallest absolute Gasteiger partial charge is 0.329 e. The van der Waals surface area contributed by atoms with Crippen LogP contribution in [0.2, 0.25) is 0 Å². The molecule has 0 amide bonds. The van der Waals surface area contributed by atoms with E-state index in [1.54, 1.807) is 0 Å². The largest absolute Gasteiger partial charge is 0.352 e. The van der Waals surface area contributed by atoms with Crippen LogP contribution in [0.25, 0.3) is 11.0 Å². The summed E-state index contributed by atoms with van der Waals surface area (Å²) < 4.78 is 4.09. The van der Waals surface area contributed by atoms with Crippen molar-refractivity contribution in [3.05, 3.63) is 107 Å². The van der Waals surface area contributed by atoms with Crippen molar-refractivity contribution in [2.24, 2.45) is 0 Å². The zero-order chi connectivity index (χ0) is 28.9. The first-order valence-electron chi connectivity index (χ1n) is 15.7. The molecule has 7 heteroatoms. The Balaban J connectivity index is 1.13. The predicted octanol–water partition coefficient (Wildman–Crippen LogP) is 6.37. The molecule has 2 aliphatic heterocycles. The second kappa shape index (κ2) is 13.3. The maximum atomic E-state index is 13.9. The first-order chi connectivity index (χ1) is 20.6. The van der Waals surface area contributed by atoms with Crippen molar-refractivity contribution in [2.75, 3.05) is 26.2 Å². The Morgan fingerprint density at radius 2 is 1.43 bits per heavy atom. The van der Waals surface area contributed by atoms with E-state index in [1.165, 1.54) is 36.9 Å². The summed E-state index contributed by atoms with van der Waals surface area (Å²) in [7, 11) is 0. The van der Waals surface area contributed by atoms with Crippen molar-refractivity contribution in [2.45, 2.75) is 70.1 Å². The molecule has 42 heavy (non-hydrogen) atoms. The van der Waals surface area contributed by atoms with Crippen LogP contribution < -0.4 is 11.0 Å². The number of likely N-dealkylation sites (tertiary alicyclic amines) is 2. The van der Waals surface area contributed by atoms with Crippen LogP contribution in [0.15, 0.2) is 89.7 Å². The molecule has 2 aliphatic rings. The van der Waals surface area contributed by atoms with E-state index in [0.717, 1.165) is 61.6 Å². The van der Waals surface area contributed by atoms with Gasteiger partial charge in [-0.3, -0.25) is 9.13 Å². The number of para-hydroxylation sites is 2. The van der Waals surface area contributed by atoms with Gasteiger partial charge in [0.05, 0.1) is 17.1 Å². The van der Waals surface area contributed by atoms with Gasteiger partial charge in [-0.2, -0.15) is 0 Å². The third kappa shape index (κ3) is 6.18. The van der Waals surface area contributed by atoms with Crippen molar-refractivity contribution in [1.29, 1.82) is 0 Å². The monoisotopic (exact) mass is 581 g/mol. The minimum absolute atomic E-state index is 0.00820. The number of thiocarbonyl (C=S) groups is 1. The molecule has 2 saturated heterocycles. The standard InChI is InChI=1S/C35H43N5OS/c1-27-13-10-11-22-37(27)23-12-24-39-31-18-8-9-19-32(31)40(35(39)41)30-20-25-38(26-21-30)34(42)36-33(28-14-4-2-5-15-28)29-16-6-3-7-17-29/h2-9,14-19,27,30,33H,10-13,20-26H2,1H3,(H,36,42). The Hall–Kier alpha value is -3.42. The van der Waals surface area contributed by atoms with E-state index in [9.17, 15) is 4.79 Å². The fraction of sp³-hybridized carbons (Fsp3) is 0.429. The molecular formula is C35H43N5OS. The minimum Gasteiger partial charge on any atom is -0.352 e. The second-order valence-electron chi connectivity index (χ2n) is 11.9. The Kier molecular flexibility index (Phi) is 9.06. The Bertz CT molecular complexity index is 1480. The fourth-order valence-electron chi connectivity index (χ4n) is 6.91. The molecule has 6 nitrogen and oxygen atoms in total. The number of imidazole rings is 1. The molecule has 1 atom stereocenters. The summed E-state index contributed by atoms with van der Waals surface area (Å²) in [4.78, 5) is 18.7. The van der Waals surface area contributed by atoms with Gasteiger partial charge < -0.3 is 15.1 Å². The second-order valence-corrected chi connectivity index (χ2v) is 12.3. The van der Waals surface area contributed by atoms with Crippen molar-refractivity contribution in [3.8, 4) is 0 Å².